The Hall–Kier alpha value is -2.30. The Bertz CT molecular complexity index is 602. The zero-order valence-corrected chi connectivity index (χ0v) is 13.6. The fourth-order valence-corrected chi connectivity index (χ4v) is 2.33. The van der Waals surface area contributed by atoms with Crippen molar-refractivity contribution in [3.63, 3.8) is 0 Å². The molecule has 118 valence electrons. The fraction of sp³-hybridized carbons (Fsp3) is 0.412. The number of aryl methyl sites for hydroxylation is 3. The van der Waals surface area contributed by atoms with E-state index in [0.717, 1.165) is 32.0 Å². The highest BCUT2D eigenvalue weighted by atomic mass is 15.2. The predicted molar refractivity (Wildman–Crippen MR) is 91.0 cm³/mol. The molecule has 5 heteroatoms. The Balaban J connectivity index is 1.73. The topological polar surface area (TPSA) is 54.2 Å². The molecule has 2 N–H and O–H groups in total. The largest absolute Gasteiger partial charge is 0.356 e. The first-order chi connectivity index (χ1) is 10.7. The third-order valence-electron chi connectivity index (χ3n) is 3.61. The molecule has 2 aromatic rings. The maximum Gasteiger partial charge on any atom is 0.191 e. The maximum absolute atomic E-state index is 4.26. The molecule has 0 amide bonds. The highest BCUT2D eigenvalue weighted by molar-refractivity contribution is 5.79. The van der Waals surface area contributed by atoms with E-state index in [9.17, 15) is 0 Å². The van der Waals surface area contributed by atoms with Gasteiger partial charge in [0.15, 0.2) is 5.96 Å². The summed E-state index contributed by atoms with van der Waals surface area (Å²) in [5, 5.41) is 6.70. The van der Waals surface area contributed by atoms with Gasteiger partial charge in [-0.2, -0.15) is 0 Å². The van der Waals surface area contributed by atoms with E-state index in [4.69, 9.17) is 0 Å². The summed E-state index contributed by atoms with van der Waals surface area (Å²) in [6.45, 7) is 6.88. The summed E-state index contributed by atoms with van der Waals surface area (Å²) in [6.07, 6.45) is 6.65. The van der Waals surface area contributed by atoms with Gasteiger partial charge in [0.2, 0.25) is 0 Å². The lowest BCUT2D eigenvalue weighted by Crippen LogP contribution is -2.37. The van der Waals surface area contributed by atoms with Crippen LogP contribution >= 0.6 is 0 Å². The Morgan fingerprint density at radius 3 is 2.82 bits per heavy atom. The van der Waals surface area contributed by atoms with Crippen LogP contribution in [0.3, 0.4) is 0 Å². The van der Waals surface area contributed by atoms with Gasteiger partial charge in [-0.3, -0.25) is 4.99 Å². The smallest absolute Gasteiger partial charge is 0.191 e. The third kappa shape index (κ3) is 4.91. The van der Waals surface area contributed by atoms with E-state index < -0.39 is 0 Å². The Labute approximate surface area is 132 Å². The standard InChI is InChI=1S/C17H25N5/c1-14-5-6-16(15(2)11-14)12-21-17(18-3)20-7-4-9-22-10-8-19-13-22/h5-6,8,10-11,13H,4,7,9,12H2,1-3H3,(H2,18,20,21). The van der Waals surface area contributed by atoms with Crippen molar-refractivity contribution in [1.29, 1.82) is 0 Å². The van der Waals surface area contributed by atoms with E-state index in [1.807, 2.05) is 12.5 Å². The number of imidazole rings is 1. The number of aromatic nitrogens is 2. The number of aliphatic imine (C=N–C) groups is 1. The quantitative estimate of drug-likeness (QED) is 0.489. The van der Waals surface area contributed by atoms with Crippen LogP contribution in [0.4, 0.5) is 0 Å². The van der Waals surface area contributed by atoms with Gasteiger partial charge in [-0.25, -0.2) is 4.98 Å². The Kier molecular flexibility index (Phi) is 6.01. The highest BCUT2D eigenvalue weighted by Gasteiger charge is 2.01. The van der Waals surface area contributed by atoms with Gasteiger partial charge in [0.1, 0.15) is 0 Å². The van der Waals surface area contributed by atoms with Gasteiger partial charge >= 0.3 is 0 Å². The van der Waals surface area contributed by atoms with E-state index in [1.54, 1.807) is 13.2 Å². The van der Waals surface area contributed by atoms with Crippen molar-refractivity contribution in [1.82, 2.24) is 20.2 Å². The molecule has 0 spiro atoms. The van der Waals surface area contributed by atoms with Crippen LogP contribution in [0.5, 0.6) is 0 Å². The van der Waals surface area contributed by atoms with E-state index in [-0.39, 0.29) is 0 Å². The van der Waals surface area contributed by atoms with E-state index in [1.165, 1.54) is 16.7 Å². The molecule has 0 aliphatic heterocycles. The van der Waals surface area contributed by atoms with Crippen molar-refractivity contribution in [3.8, 4) is 0 Å². The number of nitrogens with one attached hydrogen (secondary N) is 2. The van der Waals surface area contributed by atoms with Gasteiger partial charge in [0, 0.05) is 39.1 Å². The highest BCUT2D eigenvalue weighted by Crippen LogP contribution is 2.09. The number of guanidine groups is 1. The molecular formula is C17H25N5. The van der Waals surface area contributed by atoms with Crippen molar-refractivity contribution in [3.05, 3.63) is 53.6 Å². The molecule has 0 bridgehead atoms. The van der Waals surface area contributed by atoms with Crippen LogP contribution in [0.15, 0.2) is 41.9 Å². The normalized spacial score (nSPS) is 11.5. The molecule has 1 aromatic heterocycles. The third-order valence-corrected chi connectivity index (χ3v) is 3.61. The van der Waals surface area contributed by atoms with Crippen LogP contribution in [0.2, 0.25) is 0 Å². The maximum atomic E-state index is 4.26. The molecule has 5 nitrogen and oxygen atoms in total. The molecule has 0 aliphatic carbocycles. The SMILES string of the molecule is CN=C(NCCCn1ccnc1)NCc1ccc(C)cc1C. The van der Waals surface area contributed by atoms with E-state index >= 15 is 0 Å². The molecule has 0 fully saturated rings. The van der Waals surface area contributed by atoms with Gasteiger partial charge in [0.05, 0.1) is 6.33 Å². The van der Waals surface area contributed by atoms with Crippen LogP contribution < -0.4 is 10.6 Å². The predicted octanol–water partition coefficient (Wildman–Crippen LogP) is 2.26. The van der Waals surface area contributed by atoms with Crippen LogP contribution in [-0.2, 0) is 13.1 Å². The molecule has 1 heterocycles. The van der Waals surface area contributed by atoms with Crippen LogP contribution in [0.25, 0.3) is 0 Å². The van der Waals surface area contributed by atoms with Crippen molar-refractivity contribution in [2.45, 2.75) is 33.4 Å². The summed E-state index contributed by atoms with van der Waals surface area (Å²) in [7, 11) is 1.80. The summed E-state index contributed by atoms with van der Waals surface area (Å²) in [6, 6.07) is 6.52. The van der Waals surface area contributed by atoms with Gasteiger partial charge in [-0.05, 0) is 31.4 Å². The van der Waals surface area contributed by atoms with Gasteiger partial charge in [-0.15, -0.1) is 0 Å². The number of hydrogen-bond donors (Lipinski definition) is 2. The van der Waals surface area contributed by atoms with Crippen molar-refractivity contribution >= 4 is 5.96 Å². The average Bonchev–Trinajstić information content (AvgIpc) is 3.01. The second-order valence-electron chi connectivity index (χ2n) is 5.44. The summed E-state index contributed by atoms with van der Waals surface area (Å²) in [5.41, 5.74) is 3.90. The Morgan fingerprint density at radius 2 is 2.14 bits per heavy atom. The molecule has 1 aromatic carbocycles. The van der Waals surface area contributed by atoms with Crippen LogP contribution in [-0.4, -0.2) is 29.1 Å². The second-order valence-corrected chi connectivity index (χ2v) is 5.44. The molecule has 0 atom stereocenters. The van der Waals surface area contributed by atoms with Gasteiger partial charge in [0.25, 0.3) is 0 Å². The zero-order valence-electron chi connectivity index (χ0n) is 13.6. The first-order valence-corrected chi connectivity index (χ1v) is 7.65. The number of benzene rings is 1. The summed E-state index contributed by atoms with van der Waals surface area (Å²) in [5.74, 6) is 0.839. The lowest BCUT2D eigenvalue weighted by atomic mass is 10.1. The van der Waals surface area contributed by atoms with Crippen molar-refractivity contribution in [2.75, 3.05) is 13.6 Å². The zero-order chi connectivity index (χ0) is 15.8. The minimum Gasteiger partial charge on any atom is -0.356 e. The number of nitrogens with zero attached hydrogens (tertiary/aromatic N) is 3. The number of rotatable bonds is 6. The molecular weight excluding hydrogens is 274 g/mol. The molecule has 0 saturated carbocycles. The van der Waals surface area contributed by atoms with Crippen LogP contribution in [0, 0.1) is 13.8 Å². The minimum atomic E-state index is 0.785. The van der Waals surface area contributed by atoms with E-state index in [2.05, 4.69) is 57.2 Å². The fourth-order valence-electron chi connectivity index (χ4n) is 2.33. The molecule has 0 aliphatic rings. The minimum absolute atomic E-state index is 0.785. The Morgan fingerprint density at radius 1 is 1.27 bits per heavy atom. The molecule has 0 unspecified atom stereocenters. The molecule has 0 saturated heterocycles. The average molecular weight is 299 g/mol. The van der Waals surface area contributed by atoms with Gasteiger partial charge in [-0.1, -0.05) is 23.8 Å². The monoisotopic (exact) mass is 299 g/mol. The van der Waals surface area contributed by atoms with Crippen molar-refractivity contribution < 1.29 is 0 Å². The summed E-state index contributed by atoms with van der Waals surface area (Å²) in [4.78, 5) is 8.30. The molecule has 22 heavy (non-hydrogen) atoms. The molecule has 2 rings (SSSR count). The lowest BCUT2D eigenvalue weighted by molar-refractivity contribution is 0.624. The van der Waals surface area contributed by atoms with Crippen LogP contribution in [0.1, 0.15) is 23.1 Å². The first kappa shape index (κ1) is 16.1. The number of hydrogen-bond acceptors (Lipinski definition) is 2. The second kappa shape index (κ2) is 8.22. The van der Waals surface area contributed by atoms with E-state index in [0.29, 0.717) is 0 Å². The lowest BCUT2D eigenvalue weighted by Gasteiger charge is -2.13. The van der Waals surface area contributed by atoms with Crippen molar-refractivity contribution in [2.24, 2.45) is 4.99 Å². The summed E-state index contributed by atoms with van der Waals surface area (Å²) >= 11 is 0. The first-order valence-electron chi connectivity index (χ1n) is 7.65. The summed E-state index contributed by atoms with van der Waals surface area (Å²) < 4.78 is 2.08. The van der Waals surface area contributed by atoms with Gasteiger partial charge < -0.3 is 15.2 Å². The molecule has 0 radical (unpaired) electrons.